The topological polar surface area (TPSA) is 84.2 Å². The molecular weight excluding hydrogens is 318 g/mol. The van der Waals surface area contributed by atoms with Crippen LogP contribution in [0.2, 0.25) is 0 Å². The second-order valence-corrected chi connectivity index (χ2v) is 6.69. The van der Waals surface area contributed by atoms with E-state index in [1.165, 1.54) is 11.1 Å². The molecule has 0 saturated heterocycles. The van der Waals surface area contributed by atoms with Crippen LogP contribution in [0.15, 0.2) is 30.5 Å². The van der Waals surface area contributed by atoms with Crippen molar-refractivity contribution in [3.63, 3.8) is 0 Å². The second kappa shape index (κ2) is 7.09. The molecule has 25 heavy (non-hydrogen) atoms. The molecule has 0 radical (unpaired) electrons. The maximum absolute atomic E-state index is 12.5. The van der Waals surface area contributed by atoms with Crippen LogP contribution in [-0.2, 0) is 18.3 Å². The minimum absolute atomic E-state index is 0.154. The summed E-state index contributed by atoms with van der Waals surface area (Å²) in [7, 11) is 1.73. The summed E-state index contributed by atoms with van der Waals surface area (Å²) in [6.07, 6.45) is 5.04. The lowest BCUT2D eigenvalue weighted by molar-refractivity contribution is -0.139. The summed E-state index contributed by atoms with van der Waals surface area (Å²) >= 11 is 0. The highest BCUT2D eigenvalue weighted by molar-refractivity contribution is 5.97. The first kappa shape index (κ1) is 17.2. The Labute approximate surface area is 146 Å². The van der Waals surface area contributed by atoms with Gasteiger partial charge in [0.2, 0.25) is 0 Å². The summed E-state index contributed by atoms with van der Waals surface area (Å²) in [5, 5.41) is 16.4. The molecule has 6 heteroatoms. The number of carbonyl (C=O) groups is 2. The Morgan fingerprint density at radius 2 is 2.16 bits per heavy atom. The zero-order valence-electron chi connectivity index (χ0n) is 14.5. The largest absolute Gasteiger partial charge is 0.480 e. The maximum Gasteiger partial charge on any atom is 0.326 e. The van der Waals surface area contributed by atoms with Crippen molar-refractivity contribution in [1.29, 1.82) is 0 Å². The van der Waals surface area contributed by atoms with E-state index in [1.54, 1.807) is 24.9 Å². The van der Waals surface area contributed by atoms with Gasteiger partial charge in [-0.2, -0.15) is 5.10 Å². The van der Waals surface area contributed by atoms with E-state index in [9.17, 15) is 14.7 Å². The molecule has 1 amide bonds. The fourth-order valence-corrected chi connectivity index (χ4v) is 3.66. The van der Waals surface area contributed by atoms with Gasteiger partial charge in [0.25, 0.3) is 5.91 Å². The van der Waals surface area contributed by atoms with E-state index >= 15 is 0 Å². The Balaban J connectivity index is 1.76. The Morgan fingerprint density at radius 1 is 1.40 bits per heavy atom. The number of nitrogens with zero attached hydrogens (tertiary/aromatic N) is 2. The molecule has 2 unspecified atom stereocenters. The third-order valence-corrected chi connectivity index (χ3v) is 4.88. The molecule has 1 aliphatic rings. The summed E-state index contributed by atoms with van der Waals surface area (Å²) in [5.41, 5.74) is 3.51. The average molecular weight is 341 g/mol. The lowest BCUT2D eigenvalue weighted by Gasteiger charge is -2.28. The minimum atomic E-state index is -1.00. The quantitative estimate of drug-likeness (QED) is 0.875. The molecule has 1 aromatic heterocycles. The van der Waals surface area contributed by atoms with Gasteiger partial charge in [-0.25, -0.2) is 4.79 Å². The van der Waals surface area contributed by atoms with Gasteiger partial charge in [-0.3, -0.25) is 9.48 Å². The second-order valence-electron chi connectivity index (χ2n) is 6.69. The van der Waals surface area contributed by atoms with E-state index in [4.69, 9.17) is 0 Å². The monoisotopic (exact) mass is 341 g/mol. The van der Waals surface area contributed by atoms with Crippen molar-refractivity contribution in [2.24, 2.45) is 7.05 Å². The summed E-state index contributed by atoms with van der Waals surface area (Å²) in [6, 6.07) is 7.27. The van der Waals surface area contributed by atoms with Gasteiger partial charge in [-0.15, -0.1) is 0 Å². The lowest BCUT2D eigenvalue weighted by Crippen LogP contribution is -2.42. The highest BCUT2D eigenvalue weighted by Crippen LogP contribution is 2.34. The van der Waals surface area contributed by atoms with Gasteiger partial charge in [0.1, 0.15) is 6.04 Å². The number of aliphatic carboxylic acids is 1. The molecule has 0 bridgehead atoms. The number of nitrogens with one attached hydrogen (secondary N) is 1. The zero-order chi connectivity index (χ0) is 18.0. The number of aryl methyl sites for hydroxylation is 3. The Hall–Kier alpha value is -2.63. The molecule has 2 N–H and O–H groups in total. The fourth-order valence-electron chi connectivity index (χ4n) is 3.66. The first-order valence-corrected chi connectivity index (χ1v) is 8.57. The first-order chi connectivity index (χ1) is 12.0. The van der Waals surface area contributed by atoms with E-state index in [-0.39, 0.29) is 11.8 Å². The van der Waals surface area contributed by atoms with Gasteiger partial charge in [-0.05, 0) is 49.7 Å². The number of fused-ring (bicyclic) bond motifs is 1. The van der Waals surface area contributed by atoms with E-state index in [0.29, 0.717) is 17.7 Å². The van der Waals surface area contributed by atoms with Crippen molar-refractivity contribution >= 4 is 11.9 Å². The normalized spacial score (nSPS) is 17.6. The molecule has 3 rings (SSSR count). The van der Waals surface area contributed by atoms with Crippen LogP contribution >= 0.6 is 0 Å². The van der Waals surface area contributed by atoms with E-state index in [1.807, 2.05) is 12.1 Å². The Morgan fingerprint density at radius 3 is 2.84 bits per heavy atom. The maximum atomic E-state index is 12.5. The lowest BCUT2D eigenvalue weighted by atomic mass is 9.79. The number of carboxylic acids is 1. The average Bonchev–Trinajstić information content (AvgIpc) is 2.93. The molecule has 2 atom stereocenters. The van der Waals surface area contributed by atoms with Gasteiger partial charge in [0.05, 0.1) is 11.3 Å². The van der Waals surface area contributed by atoms with E-state index < -0.39 is 12.0 Å². The van der Waals surface area contributed by atoms with E-state index in [2.05, 4.69) is 22.5 Å². The van der Waals surface area contributed by atoms with Crippen molar-refractivity contribution in [1.82, 2.24) is 15.1 Å². The van der Waals surface area contributed by atoms with Crippen LogP contribution in [-0.4, -0.2) is 32.8 Å². The molecule has 1 aliphatic carbocycles. The zero-order valence-corrected chi connectivity index (χ0v) is 14.5. The standard InChI is InChI=1S/C19H23N3O3/c1-12-16(11-22(2)21-12)18(23)20-17(19(24)25)10-14-8-5-7-13-6-3-4-9-15(13)14/h3-4,6,9,11,14,17H,5,7-8,10H2,1-2H3,(H,20,23)(H,24,25). The van der Waals surface area contributed by atoms with Crippen molar-refractivity contribution in [2.45, 2.75) is 44.6 Å². The summed E-state index contributed by atoms with van der Waals surface area (Å²) in [6.45, 7) is 1.74. The van der Waals surface area contributed by atoms with Gasteiger partial charge in [-0.1, -0.05) is 24.3 Å². The van der Waals surface area contributed by atoms with Crippen LogP contribution in [0.3, 0.4) is 0 Å². The van der Waals surface area contributed by atoms with Crippen molar-refractivity contribution in [3.05, 3.63) is 52.8 Å². The first-order valence-electron chi connectivity index (χ1n) is 8.57. The molecule has 0 aliphatic heterocycles. The van der Waals surface area contributed by atoms with Crippen molar-refractivity contribution < 1.29 is 14.7 Å². The van der Waals surface area contributed by atoms with E-state index in [0.717, 1.165) is 19.3 Å². The molecule has 1 aromatic carbocycles. The summed E-state index contributed by atoms with van der Waals surface area (Å²) in [4.78, 5) is 24.2. The Kier molecular flexibility index (Phi) is 4.88. The van der Waals surface area contributed by atoms with Crippen LogP contribution in [0, 0.1) is 6.92 Å². The van der Waals surface area contributed by atoms with Crippen molar-refractivity contribution in [2.75, 3.05) is 0 Å². The number of rotatable bonds is 5. The summed E-state index contributed by atoms with van der Waals surface area (Å²) in [5.74, 6) is -1.23. The fraction of sp³-hybridized carbons (Fsp3) is 0.421. The van der Waals surface area contributed by atoms with Crippen LogP contribution in [0.1, 0.15) is 52.4 Å². The highest BCUT2D eigenvalue weighted by Gasteiger charge is 2.29. The van der Waals surface area contributed by atoms with Crippen LogP contribution < -0.4 is 5.32 Å². The van der Waals surface area contributed by atoms with Gasteiger partial charge in [0.15, 0.2) is 0 Å². The van der Waals surface area contributed by atoms with Crippen LogP contribution in [0.4, 0.5) is 0 Å². The molecule has 132 valence electrons. The summed E-state index contributed by atoms with van der Waals surface area (Å²) < 4.78 is 1.55. The van der Waals surface area contributed by atoms with Crippen LogP contribution in [0.5, 0.6) is 0 Å². The van der Waals surface area contributed by atoms with Gasteiger partial charge in [0, 0.05) is 13.2 Å². The molecular formula is C19H23N3O3. The SMILES string of the molecule is Cc1nn(C)cc1C(=O)NC(CC1CCCc2ccccc21)C(=O)O. The predicted octanol–water partition coefficient (Wildman–Crippen LogP) is 2.42. The predicted molar refractivity (Wildman–Crippen MR) is 93.6 cm³/mol. The van der Waals surface area contributed by atoms with Gasteiger partial charge >= 0.3 is 5.97 Å². The minimum Gasteiger partial charge on any atom is -0.480 e. The molecule has 0 spiro atoms. The number of hydrogen-bond acceptors (Lipinski definition) is 3. The molecule has 0 saturated carbocycles. The number of aromatic nitrogens is 2. The van der Waals surface area contributed by atoms with Crippen LogP contribution in [0.25, 0.3) is 0 Å². The number of carbonyl (C=O) groups excluding carboxylic acids is 1. The number of amides is 1. The molecule has 6 nitrogen and oxygen atoms in total. The number of benzene rings is 1. The molecule has 0 fully saturated rings. The smallest absolute Gasteiger partial charge is 0.326 e. The number of carboxylic acid groups (broad SMARTS) is 1. The number of hydrogen-bond donors (Lipinski definition) is 2. The Bertz CT molecular complexity index is 797. The molecule has 1 heterocycles. The highest BCUT2D eigenvalue weighted by atomic mass is 16.4. The third-order valence-electron chi connectivity index (χ3n) is 4.88. The third kappa shape index (κ3) is 3.73. The van der Waals surface area contributed by atoms with Crippen molar-refractivity contribution in [3.8, 4) is 0 Å². The molecule has 2 aromatic rings. The van der Waals surface area contributed by atoms with Gasteiger partial charge < -0.3 is 10.4 Å².